The minimum Gasteiger partial charge on any atom is -0.490 e. The highest BCUT2D eigenvalue weighted by Gasteiger charge is 2.14. The predicted octanol–water partition coefficient (Wildman–Crippen LogP) is 3.06. The highest BCUT2D eigenvalue weighted by molar-refractivity contribution is 5.84. The van der Waals surface area contributed by atoms with Crippen molar-refractivity contribution in [3.05, 3.63) is 62.7 Å². The van der Waals surface area contributed by atoms with Gasteiger partial charge in [0.15, 0.2) is 12.4 Å². The number of amides is 1. The number of nitro groups is 1. The second kappa shape index (κ2) is 8.79. The van der Waals surface area contributed by atoms with E-state index in [0.29, 0.717) is 11.3 Å². The third kappa shape index (κ3) is 5.04. The van der Waals surface area contributed by atoms with Gasteiger partial charge in [-0.2, -0.15) is 5.10 Å². The fourth-order valence-electron chi connectivity index (χ4n) is 2.43. The van der Waals surface area contributed by atoms with Gasteiger partial charge in [0.1, 0.15) is 5.75 Å². The summed E-state index contributed by atoms with van der Waals surface area (Å²) in [5, 5.41) is 14.8. The number of carbonyl (C=O) groups excluding carboxylic acids is 1. The number of aryl methyl sites for hydroxylation is 2. The van der Waals surface area contributed by atoms with E-state index in [4.69, 9.17) is 9.47 Å². The maximum absolute atomic E-state index is 11.9. The minimum absolute atomic E-state index is 0.151. The zero-order valence-electron chi connectivity index (χ0n) is 15.6. The van der Waals surface area contributed by atoms with Crippen molar-refractivity contribution in [2.45, 2.75) is 20.8 Å². The number of hydrogen-bond acceptors (Lipinski definition) is 6. The fraction of sp³-hybridized carbons (Fsp3) is 0.263. The van der Waals surface area contributed by atoms with Gasteiger partial charge in [-0.25, -0.2) is 5.43 Å². The van der Waals surface area contributed by atoms with Gasteiger partial charge in [-0.05, 0) is 49.6 Å². The number of methoxy groups -OCH3 is 1. The van der Waals surface area contributed by atoms with Crippen molar-refractivity contribution < 1.29 is 19.2 Å². The zero-order chi connectivity index (χ0) is 20.0. The molecule has 2 aromatic rings. The number of rotatable bonds is 7. The summed E-state index contributed by atoms with van der Waals surface area (Å²) in [5.41, 5.74) is 5.62. The van der Waals surface area contributed by atoms with Gasteiger partial charge < -0.3 is 9.47 Å². The van der Waals surface area contributed by atoms with E-state index in [2.05, 4.69) is 10.5 Å². The Balaban J connectivity index is 1.97. The molecule has 0 unspecified atom stereocenters. The van der Waals surface area contributed by atoms with E-state index in [1.807, 2.05) is 32.9 Å². The molecule has 0 spiro atoms. The number of hydrogen-bond donors (Lipinski definition) is 1. The molecule has 1 amide bonds. The topological polar surface area (TPSA) is 103 Å². The van der Waals surface area contributed by atoms with Crippen LogP contribution >= 0.6 is 0 Å². The zero-order valence-corrected chi connectivity index (χ0v) is 15.6. The van der Waals surface area contributed by atoms with E-state index in [9.17, 15) is 14.9 Å². The highest BCUT2D eigenvalue weighted by atomic mass is 16.6. The first-order chi connectivity index (χ1) is 12.8. The van der Waals surface area contributed by atoms with Crippen LogP contribution in [0, 0.1) is 30.9 Å². The lowest BCUT2D eigenvalue weighted by Crippen LogP contribution is -2.25. The van der Waals surface area contributed by atoms with Crippen molar-refractivity contribution in [2.75, 3.05) is 13.7 Å². The monoisotopic (exact) mass is 371 g/mol. The Hall–Kier alpha value is -3.42. The van der Waals surface area contributed by atoms with E-state index in [-0.39, 0.29) is 18.0 Å². The molecule has 0 aliphatic carbocycles. The molecule has 1 N–H and O–H groups in total. The third-order valence-electron chi connectivity index (χ3n) is 4.02. The van der Waals surface area contributed by atoms with Crippen LogP contribution in [0.4, 0.5) is 5.69 Å². The van der Waals surface area contributed by atoms with Crippen LogP contribution < -0.4 is 14.9 Å². The largest absolute Gasteiger partial charge is 0.490 e. The van der Waals surface area contributed by atoms with E-state index in [0.717, 1.165) is 16.7 Å². The van der Waals surface area contributed by atoms with Crippen LogP contribution in [0.25, 0.3) is 0 Å². The van der Waals surface area contributed by atoms with E-state index < -0.39 is 10.8 Å². The predicted molar refractivity (Wildman–Crippen MR) is 102 cm³/mol. The number of nitrogens with one attached hydrogen (secondary N) is 1. The van der Waals surface area contributed by atoms with Crippen LogP contribution in [0.1, 0.15) is 22.3 Å². The molecular formula is C19H21N3O5. The average molecular weight is 371 g/mol. The molecule has 0 heterocycles. The van der Waals surface area contributed by atoms with Gasteiger partial charge in [0.05, 0.1) is 18.2 Å². The summed E-state index contributed by atoms with van der Waals surface area (Å²) in [5.74, 6) is 0.396. The normalized spacial score (nSPS) is 10.7. The van der Waals surface area contributed by atoms with Crippen LogP contribution in [0.15, 0.2) is 35.4 Å². The quantitative estimate of drug-likeness (QED) is 0.458. The van der Waals surface area contributed by atoms with Crippen LogP contribution in [-0.4, -0.2) is 30.8 Å². The number of benzene rings is 2. The number of carbonyl (C=O) groups is 1. The summed E-state index contributed by atoms with van der Waals surface area (Å²) in [6.45, 7) is 5.63. The Bertz CT molecular complexity index is 893. The molecule has 0 atom stereocenters. The van der Waals surface area contributed by atoms with Crippen LogP contribution in [0.5, 0.6) is 11.5 Å². The first-order valence-corrected chi connectivity index (χ1v) is 8.17. The summed E-state index contributed by atoms with van der Waals surface area (Å²) >= 11 is 0. The molecule has 0 saturated carbocycles. The van der Waals surface area contributed by atoms with Crippen molar-refractivity contribution in [3.8, 4) is 11.5 Å². The highest BCUT2D eigenvalue weighted by Crippen LogP contribution is 2.27. The van der Waals surface area contributed by atoms with Crippen molar-refractivity contribution in [1.29, 1.82) is 0 Å². The molecule has 0 saturated heterocycles. The van der Waals surface area contributed by atoms with Gasteiger partial charge in [0, 0.05) is 11.6 Å². The fourth-order valence-corrected chi connectivity index (χ4v) is 2.43. The molecule has 2 rings (SSSR count). The van der Waals surface area contributed by atoms with Crippen molar-refractivity contribution in [1.82, 2.24) is 5.43 Å². The molecule has 8 nitrogen and oxygen atoms in total. The molecule has 0 aliphatic heterocycles. The maximum atomic E-state index is 11.9. The van der Waals surface area contributed by atoms with Crippen LogP contribution in [0.2, 0.25) is 0 Å². The van der Waals surface area contributed by atoms with Crippen molar-refractivity contribution in [2.24, 2.45) is 5.10 Å². The number of nitrogens with zero attached hydrogens (tertiary/aromatic N) is 2. The first-order valence-electron chi connectivity index (χ1n) is 8.17. The van der Waals surface area contributed by atoms with Gasteiger partial charge in [0.2, 0.25) is 0 Å². The van der Waals surface area contributed by atoms with E-state index >= 15 is 0 Å². The lowest BCUT2D eigenvalue weighted by atomic mass is 10.1. The third-order valence-corrected chi connectivity index (χ3v) is 4.02. The molecule has 0 fully saturated rings. The van der Waals surface area contributed by atoms with Gasteiger partial charge >= 0.3 is 5.69 Å². The van der Waals surface area contributed by atoms with E-state index in [1.54, 1.807) is 6.07 Å². The summed E-state index contributed by atoms with van der Waals surface area (Å²) in [4.78, 5) is 22.4. The summed E-state index contributed by atoms with van der Waals surface area (Å²) in [6.07, 6.45) is 1.31. The van der Waals surface area contributed by atoms with Gasteiger partial charge in [-0.15, -0.1) is 0 Å². The molecule has 8 heteroatoms. The van der Waals surface area contributed by atoms with Crippen molar-refractivity contribution >= 4 is 17.8 Å². The summed E-state index contributed by atoms with van der Waals surface area (Å²) in [6, 6.07) is 8.30. The van der Waals surface area contributed by atoms with Crippen molar-refractivity contribution in [3.63, 3.8) is 0 Å². The summed E-state index contributed by atoms with van der Waals surface area (Å²) < 4.78 is 10.5. The Morgan fingerprint density at radius 3 is 2.59 bits per heavy atom. The lowest BCUT2D eigenvalue weighted by molar-refractivity contribution is -0.385. The molecule has 0 radical (unpaired) electrons. The SMILES string of the molecule is COc1ccc(C=NNC(=O)COc2c(C)ccc(C)c2C)cc1[N+](=O)[O-]. The smallest absolute Gasteiger partial charge is 0.311 e. The van der Waals surface area contributed by atoms with Crippen LogP contribution in [0.3, 0.4) is 0 Å². The van der Waals surface area contributed by atoms with Gasteiger partial charge in [-0.1, -0.05) is 12.1 Å². The maximum Gasteiger partial charge on any atom is 0.311 e. The standard InChI is InChI=1S/C19H21N3O5/c1-12-5-6-13(2)19(14(12)3)27-11-18(23)21-20-10-15-7-8-17(26-4)16(9-15)22(24)25/h5-10H,11H2,1-4H3,(H,21,23). The first kappa shape index (κ1) is 19.9. The van der Waals surface area contributed by atoms with Crippen LogP contribution in [-0.2, 0) is 4.79 Å². The van der Waals surface area contributed by atoms with E-state index in [1.165, 1.54) is 25.5 Å². The molecule has 2 aromatic carbocycles. The van der Waals surface area contributed by atoms with Gasteiger partial charge in [-0.3, -0.25) is 14.9 Å². The van der Waals surface area contributed by atoms with Gasteiger partial charge in [0.25, 0.3) is 5.91 Å². The number of ether oxygens (including phenoxy) is 2. The average Bonchev–Trinajstić information content (AvgIpc) is 2.64. The molecule has 142 valence electrons. The minimum atomic E-state index is -0.547. The Morgan fingerprint density at radius 1 is 1.22 bits per heavy atom. The molecule has 0 aromatic heterocycles. The lowest BCUT2D eigenvalue weighted by Gasteiger charge is -2.13. The molecule has 0 bridgehead atoms. The second-order valence-corrected chi connectivity index (χ2v) is 5.92. The Morgan fingerprint density at radius 2 is 1.93 bits per heavy atom. The second-order valence-electron chi connectivity index (χ2n) is 5.92. The number of hydrazone groups is 1. The summed E-state index contributed by atoms with van der Waals surface area (Å²) in [7, 11) is 1.36. The molecular weight excluding hydrogens is 350 g/mol. The Labute approximate surface area is 157 Å². The molecule has 0 aliphatic rings. The number of nitro benzene ring substituents is 1. The molecule has 27 heavy (non-hydrogen) atoms. The Kier molecular flexibility index (Phi) is 6.48.